The molecule has 1 rings (SSSR count). The van der Waals surface area contributed by atoms with Gasteiger partial charge in [0.05, 0.1) is 5.41 Å². The van der Waals surface area contributed by atoms with Crippen LogP contribution in [0.2, 0.25) is 0 Å². The maximum absolute atomic E-state index is 10.9. The summed E-state index contributed by atoms with van der Waals surface area (Å²) in [7, 11) is 0. The molecule has 0 heterocycles. The van der Waals surface area contributed by atoms with Gasteiger partial charge in [-0.3, -0.25) is 4.79 Å². The van der Waals surface area contributed by atoms with Crippen LogP contribution in [0.15, 0.2) is 0 Å². The number of aliphatic carboxylic acids is 1. The fraction of sp³-hybridized carbons (Fsp3) is 0.900. The highest BCUT2D eigenvalue weighted by Gasteiger charge is 2.37. The molecule has 0 amide bonds. The predicted molar refractivity (Wildman–Crippen MR) is 48.0 cm³/mol. The molecule has 0 aromatic carbocycles. The van der Waals surface area contributed by atoms with E-state index in [1.54, 1.807) is 0 Å². The molecule has 2 heteroatoms. The number of carboxylic acid groups (broad SMARTS) is 1. The summed E-state index contributed by atoms with van der Waals surface area (Å²) in [5.41, 5.74) is -0.432. The van der Waals surface area contributed by atoms with Gasteiger partial charge < -0.3 is 5.11 Å². The molecule has 1 N–H and O–H groups in total. The molecule has 2 atom stereocenters. The predicted octanol–water partition coefficient (Wildman–Crippen LogP) is 2.68. The van der Waals surface area contributed by atoms with E-state index in [0.717, 1.165) is 25.7 Å². The molecular formula is C10H18O2. The SMILES string of the molecule is CC[C@H]1CCC[C@@](C)(C(=O)O)C1. The Morgan fingerprint density at radius 3 is 2.83 bits per heavy atom. The first-order chi connectivity index (χ1) is 5.58. The zero-order valence-corrected chi connectivity index (χ0v) is 7.97. The Morgan fingerprint density at radius 2 is 2.33 bits per heavy atom. The summed E-state index contributed by atoms with van der Waals surface area (Å²) in [6.45, 7) is 4.04. The summed E-state index contributed by atoms with van der Waals surface area (Å²) < 4.78 is 0. The number of hydrogen-bond acceptors (Lipinski definition) is 1. The first kappa shape index (κ1) is 9.56. The largest absolute Gasteiger partial charge is 0.481 e. The minimum Gasteiger partial charge on any atom is -0.481 e. The van der Waals surface area contributed by atoms with Gasteiger partial charge in [-0.15, -0.1) is 0 Å². The van der Waals surface area contributed by atoms with Crippen molar-refractivity contribution in [3.8, 4) is 0 Å². The van der Waals surface area contributed by atoms with E-state index >= 15 is 0 Å². The van der Waals surface area contributed by atoms with E-state index in [0.29, 0.717) is 5.92 Å². The molecule has 0 spiro atoms. The van der Waals surface area contributed by atoms with E-state index < -0.39 is 11.4 Å². The van der Waals surface area contributed by atoms with Crippen molar-refractivity contribution in [1.29, 1.82) is 0 Å². The molecule has 1 saturated carbocycles. The maximum atomic E-state index is 10.9. The molecule has 12 heavy (non-hydrogen) atoms. The van der Waals surface area contributed by atoms with Crippen molar-refractivity contribution in [3.63, 3.8) is 0 Å². The number of rotatable bonds is 2. The number of carboxylic acids is 1. The summed E-state index contributed by atoms with van der Waals surface area (Å²) in [6.07, 6.45) is 5.17. The Bertz CT molecular complexity index is 177. The van der Waals surface area contributed by atoms with E-state index in [9.17, 15) is 4.79 Å². The molecular weight excluding hydrogens is 152 g/mol. The summed E-state index contributed by atoms with van der Waals surface area (Å²) in [6, 6.07) is 0. The van der Waals surface area contributed by atoms with E-state index in [1.807, 2.05) is 6.92 Å². The standard InChI is InChI=1S/C10H18O2/c1-3-8-5-4-6-10(2,7-8)9(11)12/h8H,3-7H2,1-2H3,(H,11,12)/t8-,10+/m0/s1. The Hall–Kier alpha value is -0.530. The molecule has 2 nitrogen and oxygen atoms in total. The quantitative estimate of drug-likeness (QED) is 0.691. The normalized spacial score (nSPS) is 36.3. The average Bonchev–Trinajstić information content (AvgIpc) is 2.04. The third-order valence-corrected chi connectivity index (χ3v) is 3.17. The minimum absolute atomic E-state index is 0.432. The first-order valence-electron chi connectivity index (χ1n) is 4.82. The second kappa shape index (κ2) is 3.46. The van der Waals surface area contributed by atoms with Gasteiger partial charge in [0, 0.05) is 0 Å². The van der Waals surface area contributed by atoms with Crippen LogP contribution in [0, 0.1) is 11.3 Å². The Balaban J connectivity index is 2.61. The molecule has 0 saturated heterocycles. The second-order valence-corrected chi connectivity index (χ2v) is 4.24. The highest BCUT2D eigenvalue weighted by Crippen LogP contribution is 2.40. The molecule has 1 fully saturated rings. The van der Waals surface area contributed by atoms with Crippen molar-refractivity contribution in [3.05, 3.63) is 0 Å². The lowest BCUT2D eigenvalue weighted by atomic mass is 9.70. The third kappa shape index (κ3) is 1.79. The summed E-state index contributed by atoms with van der Waals surface area (Å²) >= 11 is 0. The van der Waals surface area contributed by atoms with Crippen LogP contribution in [-0.4, -0.2) is 11.1 Å². The molecule has 70 valence electrons. The molecule has 0 aromatic rings. The Morgan fingerprint density at radius 1 is 1.67 bits per heavy atom. The van der Waals surface area contributed by atoms with Crippen molar-refractivity contribution in [2.24, 2.45) is 11.3 Å². The monoisotopic (exact) mass is 170 g/mol. The lowest BCUT2D eigenvalue weighted by molar-refractivity contribution is -0.150. The molecule has 1 aliphatic rings. The van der Waals surface area contributed by atoms with Gasteiger partial charge in [0.1, 0.15) is 0 Å². The highest BCUT2D eigenvalue weighted by atomic mass is 16.4. The van der Waals surface area contributed by atoms with Crippen molar-refractivity contribution in [2.75, 3.05) is 0 Å². The smallest absolute Gasteiger partial charge is 0.309 e. The second-order valence-electron chi connectivity index (χ2n) is 4.24. The molecule has 0 aromatic heterocycles. The maximum Gasteiger partial charge on any atom is 0.309 e. The summed E-state index contributed by atoms with van der Waals surface area (Å²) in [5.74, 6) is 0.0282. The van der Waals surface area contributed by atoms with Gasteiger partial charge >= 0.3 is 5.97 Å². The van der Waals surface area contributed by atoms with Gasteiger partial charge in [0.25, 0.3) is 0 Å². The molecule has 0 aliphatic heterocycles. The van der Waals surface area contributed by atoms with Crippen LogP contribution in [0.25, 0.3) is 0 Å². The highest BCUT2D eigenvalue weighted by molar-refractivity contribution is 5.74. The van der Waals surface area contributed by atoms with Gasteiger partial charge in [-0.1, -0.05) is 26.2 Å². The van der Waals surface area contributed by atoms with Gasteiger partial charge in [0.15, 0.2) is 0 Å². The van der Waals surface area contributed by atoms with Crippen molar-refractivity contribution >= 4 is 5.97 Å². The average molecular weight is 170 g/mol. The van der Waals surface area contributed by atoms with E-state index in [4.69, 9.17) is 5.11 Å². The minimum atomic E-state index is -0.611. The summed E-state index contributed by atoms with van der Waals surface area (Å²) in [5, 5.41) is 9.01. The third-order valence-electron chi connectivity index (χ3n) is 3.17. The Labute approximate surface area is 74.0 Å². The molecule has 1 aliphatic carbocycles. The van der Waals surface area contributed by atoms with Crippen molar-refractivity contribution in [1.82, 2.24) is 0 Å². The van der Waals surface area contributed by atoms with Crippen LogP contribution in [0.5, 0.6) is 0 Å². The molecule has 0 radical (unpaired) electrons. The van der Waals surface area contributed by atoms with Crippen molar-refractivity contribution < 1.29 is 9.90 Å². The van der Waals surface area contributed by atoms with Gasteiger partial charge in [0.2, 0.25) is 0 Å². The lowest BCUT2D eigenvalue weighted by Crippen LogP contribution is -2.33. The van der Waals surface area contributed by atoms with E-state index in [1.165, 1.54) is 6.42 Å². The number of hydrogen-bond donors (Lipinski definition) is 1. The van der Waals surface area contributed by atoms with E-state index in [2.05, 4.69) is 6.92 Å². The topological polar surface area (TPSA) is 37.3 Å². The summed E-state index contributed by atoms with van der Waals surface area (Å²) in [4.78, 5) is 10.9. The Kier molecular flexibility index (Phi) is 2.76. The zero-order chi connectivity index (χ0) is 9.19. The molecule has 0 bridgehead atoms. The van der Waals surface area contributed by atoms with Crippen LogP contribution in [-0.2, 0) is 4.79 Å². The van der Waals surface area contributed by atoms with Crippen LogP contribution >= 0.6 is 0 Å². The van der Waals surface area contributed by atoms with Crippen LogP contribution in [0.3, 0.4) is 0 Å². The van der Waals surface area contributed by atoms with Crippen LogP contribution in [0.1, 0.15) is 46.0 Å². The fourth-order valence-corrected chi connectivity index (χ4v) is 2.16. The number of carbonyl (C=O) groups is 1. The fourth-order valence-electron chi connectivity index (χ4n) is 2.16. The van der Waals surface area contributed by atoms with E-state index in [-0.39, 0.29) is 0 Å². The van der Waals surface area contributed by atoms with Gasteiger partial charge in [-0.05, 0) is 25.7 Å². The lowest BCUT2D eigenvalue weighted by Gasteiger charge is -2.34. The van der Waals surface area contributed by atoms with Crippen LogP contribution in [0.4, 0.5) is 0 Å². The van der Waals surface area contributed by atoms with Crippen molar-refractivity contribution in [2.45, 2.75) is 46.0 Å². The molecule has 0 unspecified atom stereocenters. The zero-order valence-electron chi connectivity index (χ0n) is 7.97. The van der Waals surface area contributed by atoms with Gasteiger partial charge in [-0.25, -0.2) is 0 Å². The van der Waals surface area contributed by atoms with Gasteiger partial charge in [-0.2, -0.15) is 0 Å². The first-order valence-corrected chi connectivity index (χ1v) is 4.82. The van der Waals surface area contributed by atoms with Crippen LogP contribution < -0.4 is 0 Å².